The summed E-state index contributed by atoms with van der Waals surface area (Å²) in [5, 5.41) is 26.0. The Morgan fingerprint density at radius 2 is 2.06 bits per heavy atom. The number of ether oxygens (including phenoxy) is 1. The lowest BCUT2D eigenvalue weighted by atomic mass is 9.95. The molecule has 0 bridgehead atoms. The molecule has 9 nitrogen and oxygen atoms in total. The van der Waals surface area contributed by atoms with E-state index in [9.17, 15) is 9.00 Å². The number of carbonyl (C=O) groups excluding carboxylic acids is 1. The molecular formula is C22H26BClN4O5S. The maximum Gasteiger partial charge on any atom is 0.479 e. The van der Waals surface area contributed by atoms with Gasteiger partial charge in [0.2, 0.25) is 0 Å². The highest BCUT2D eigenvalue weighted by Crippen LogP contribution is 2.45. The molecule has 4 rings (SSSR count). The molecule has 1 fully saturated rings. The highest BCUT2D eigenvalue weighted by Gasteiger charge is 2.31. The first-order valence-corrected chi connectivity index (χ1v) is 12.8. The summed E-state index contributed by atoms with van der Waals surface area (Å²) in [6.45, 7) is 0.227. The number of hydrogen-bond donors (Lipinski definition) is 3. The van der Waals surface area contributed by atoms with Gasteiger partial charge < -0.3 is 20.1 Å². The van der Waals surface area contributed by atoms with Gasteiger partial charge in [0, 0.05) is 23.9 Å². The molecule has 3 N–H and O–H groups in total. The van der Waals surface area contributed by atoms with E-state index >= 15 is 0 Å². The second-order valence-electron chi connectivity index (χ2n) is 8.11. The van der Waals surface area contributed by atoms with E-state index in [1.54, 1.807) is 40.5 Å². The van der Waals surface area contributed by atoms with E-state index in [4.69, 9.17) is 31.5 Å². The van der Waals surface area contributed by atoms with Crippen LogP contribution in [0.25, 0.3) is 16.8 Å². The summed E-state index contributed by atoms with van der Waals surface area (Å²) < 4.78 is 21.3. The van der Waals surface area contributed by atoms with Crippen LogP contribution in [0.5, 0.6) is 0 Å². The van der Waals surface area contributed by atoms with Gasteiger partial charge in [0.25, 0.3) is 5.91 Å². The van der Waals surface area contributed by atoms with E-state index in [-0.39, 0.29) is 25.6 Å². The highest BCUT2D eigenvalue weighted by atomic mass is 35.5. The smallest absolute Gasteiger partial charge is 0.426 e. The summed E-state index contributed by atoms with van der Waals surface area (Å²) in [4.78, 5) is 12.9. The molecule has 3 aromatic rings. The van der Waals surface area contributed by atoms with Crippen molar-refractivity contribution < 1.29 is 23.8 Å². The van der Waals surface area contributed by atoms with Gasteiger partial charge in [0.1, 0.15) is 16.7 Å². The van der Waals surface area contributed by atoms with E-state index in [2.05, 4.69) is 5.32 Å². The fraction of sp³-hybridized carbons (Fsp3) is 0.364. The third kappa shape index (κ3) is 5.28. The van der Waals surface area contributed by atoms with Crippen LogP contribution in [0.3, 0.4) is 0 Å². The maximum atomic E-state index is 12.9. The maximum absolute atomic E-state index is 12.9. The minimum Gasteiger partial charge on any atom is -0.426 e. The molecule has 1 saturated carbocycles. The number of benzene rings is 1. The first-order valence-electron chi connectivity index (χ1n) is 10.9. The van der Waals surface area contributed by atoms with Gasteiger partial charge in [0.15, 0.2) is 0 Å². The Labute approximate surface area is 205 Å². The van der Waals surface area contributed by atoms with Crippen molar-refractivity contribution in [2.45, 2.75) is 18.8 Å². The molecule has 1 unspecified atom stereocenters. The lowest BCUT2D eigenvalue weighted by molar-refractivity contribution is 0.0965. The van der Waals surface area contributed by atoms with Gasteiger partial charge in [-0.25, -0.2) is 8.72 Å². The minimum atomic E-state index is -1.56. The molecule has 0 radical (unpaired) electrons. The zero-order valence-electron chi connectivity index (χ0n) is 18.9. The molecule has 2 heterocycles. The SMILES string of the molecule is CNC(=O)c1c(-c2ccc(Cl)cc2)nn2cc(N(CCOCB(O)O)S(C)=O)c(C3CC3)cc12. The third-order valence-electron chi connectivity index (χ3n) is 5.65. The van der Waals surface area contributed by atoms with Crippen LogP contribution in [-0.4, -0.2) is 69.9 Å². The van der Waals surface area contributed by atoms with E-state index in [1.807, 2.05) is 18.2 Å². The van der Waals surface area contributed by atoms with Gasteiger partial charge in [-0.1, -0.05) is 23.7 Å². The van der Waals surface area contributed by atoms with Crippen molar-refractivity contribution in [1.82, 2.24) is 14.9 Å². The van der Waals surface area contributed by atoms with Crippen molar-refractivity contribution in [2.75, 3.05) is 37.3 Å². The van der Waals surface area contributed by atoms with E-state index in [0.717, 1.165) is 29.7 Å². The zero-order valence-corrected chi connectivity index (χ0v) is 20.5. The molecule has 1 atom stereocenters. The topological polar surface area (TPSA) is 116 Å². The number of fused-ring (bicyclic) bond motifs is 1. The first kappa shape index (κ1) is 24.7. The van der Waals surface area contributed by atoms with Crippen LogP contribution in [0.1, 0.15) is 34.7 Å². The summed E-state index contributed by atoms with van der Waals surface area (Å²) in [5.41, 5.74) is 4.15. The monoisotopic (exact) mass is 504 g/mol. The molecule has 1 amide bonds. The number of carbonyl (C=O) groups is 1. The second kappa shape index (κ2) is 10.4. The fourth-order valence-corrected chi connectivity index (χ4v) is 4.80. The number of amides is 1. The average Bonchev–Trinajstić information content (AvgIpc) is 3.58. The predicted octanol–water partition coefficient (Wildman–Crippen LogP) is 2.02. The van der Waals surface area contributed by atoms with Crippen LogP contribution in [0.15, 0.2) is 36.5 Å². The van der Waals surface area contributed by atoms with Crippen molar-refractivity contribution in [2.24, 2.45) is 0 Å². The van der Waals surface area contributed by atoms with Crippen LogP contribution < -0.4 is 9.62 Å². The van der Waals surface area contributed by atoms with Gasteiger partial charge in [-0.05, 0) is 42.5 Å². The molecule has 2 aromatic heterocycles. The van der Waals surface area contributed by atoms with E-state index in [0.29, 0.717) is 27.7 Å². The number of aromatic nitrogens is 2. The average molecular weight is 505 g/mol. The number of hydrogen-bond acceptors (Lipinski definition) is 6. The largest absolute Gasteiger partial charge is 0.479 e. The molecule has 12 heteroatoms. The number of rotatable bonds is 10. The number of pyridine rings is 1. The van der Waals surface area contributed by atoms with Crippen molar-refractivity contribution in [1.29, 1.82) is 0 Å². The standard InChI is InChI=1S/C22H26BClN4O5S/c1-25-22(29)20-18-11-17(14-3-4-14)19(28(34(2)32)9-10-33-13-23(30)31)12-27(18)26-21(20)15-5-7-16(24)8-6-15/h5-8,11-12,14,30-31H,3-4,9-10,13H2,1-2H3,(H,25,29). The summed E-state index contributed by atoms with van der Waals surface area (Å²) >= 11 is 6.05. The Morgan fingerprint density at radius 1 is 1.35 bits per heavy atom. The molecular weight excluding hydrogens is 479 g/mol. The van der Waals surface area contributed by atoms with E-state index < -0.39 is 18.1 Å². The summed E-state index contributed by atoms with van der Waals surface area (Å²) in [6, 6.07) is 9.10. The van der Waals surface area contributed by atoms with Gasteiger partial charge >= 0.3 is 7.12 Å². The number of anilines is 1. The third-order valence-corrected chi connectivity index (χ3v) is 6.91. The Balaban J connectivity index is 1.82. The summed E-state index contributed by atoms with van der Waals surface area (Å²) in [5.74, 6) is 0.0546. The Hall–Kier alpha value is -2.44. The normalized spacial score (nSPS) is 14.3. The molecule has 0 spiro atoms. The van der Waals surface area contributed by atoms with Crippen LogP contribution in [0.4, 0.5) is 5.69 Å². The zero-order chi connectivity index (χ0) is 24.4. The molecule has 1 aliphatic carbocycles. The van der Waals surface area contributed by atoms with Crippen molar-refractivity contribution in [3.63, 3.8) is 0 Å². The van der Waals surface area contributed by atoms with Crippen molar-refractivity contribution >= 4 is 46.8 Å². The first-order chi connectivity index (χ1) is 16.3. The van der Waals surface area contributed by atoms with Crippen molar-refractivity contribution in [3.05, 3.63) is 52.7 Å². The lowest BCUT2D eigenvalue weighted by Gasteiger charge is -2.24. The molecule has 1 aromatic carbocycles. The van der Waals surface area contributed by atoms with Gasteiger partial charge in [-0.15, -0.1) is 0 Å². The molecule has 0 saturated heterocycles. The van der Waals surface area contributed by atoms with E-state index in [1.165, 1.54) is 0 Å². The number of nitrogens with zero attached hydrogens (tertiary/aromatic N) is 3. The van der Waals surface area contributed by atoms with Gasteiger partial charge in [-0.3, -0.25) is 9.10 Å². The molecule has 34 heavy (non-hydrogen) atoms. The number of halogens is 1. The Bertz CT molecular complexity index is 1220. The predicted molar refractivity (Wildman–Crippen MR) is 133 cm³/mol. The molecule has 0 aliphatic heterocycles. The molecule has 180 valence electrons. The summed E-state index contributed by atoms with van der Waals surface area (Å²) in [7, 11) is -1.34. The van der Waals surface area contributed by atoms with Crippen LogP contribution in [0.2, 0.25) is 5.02 Å². The second-order valence-corrected chi connectivity index (χ2v) is 9.83. The quantitative estimate of drug-likeness (QED) is 0.287. The van der Waals surface area contributed by atoms with Crippen LogP contribution in [0, 0.1) is 0 Å². The highest BCUT2D eigenvalue weighted by molar-refractivity contribution is 7.85. The molecule has 1 aliphatic rings. The van der Waals surface area contributed by atoms with Crippen LogP contribution >= 0.6 is 11.6 Å². The fourth-order valence-electron chi connectivity index (χ4n) is 3.91. The van der Waals surface area contributed by atoms with Crippen LogP contribution in [-0.2, 0) is 15.7 Å². The number of nitrogens with one attached hydrogen (secondary N) is 1. The Morgan fingerprint density at radius 3 is 2.65 bits per heavy atom. The Kier molecular flexibility index (Phi) is 7.59. The minimum absolute atomic E-state index is 0.165. The van der Waals surface area contributed by atoms with Gasteiger partial charge in [0.05, 0.1) is 42.6 Å². The lowest BCUT2D eigenvalue weighted by Crippen LogP contribution is -2.31. The van der Waals surface area contributed by atoms with Gasteiger partial charge in [-0.2, -0.15) is 5.10 Å². The van der Waals surface area contributed by atoms with Crippen molar-refractivity contribution in [3.8, 4) is 11.3 Å². The summed E-state index contributed by atoms with van der Waals surface area (Å²) in [6.07, 6.45) is 5.40.